The van der Waals surface area contributed by atoms with Crippen molar-refractivity contribution in [3.63, 3.8) is 0 Å². The Labute approximate surface area is 126 Å². The van der Waals surface area contributed by atoms with Crippen LogP contribution in [0.3, 0.4) is 0 Å². The first kappa shape index (κ1) is 18.3. The Bertz CT molecular complexity index is 335. The average Bonchev–Trinajstić information content (AvgIpc) is 2.76. The number of ether oxygens (including phenoxy) is 4. The topological polar surface area (TPSA) is 77.4 Å². The van der Waals surface area contributed by atoms with Crippen molar-refractivity contribution >= 4 is 0 Å². The molecular formula is C15H26O6. The predicted molar refractivity (Wildman–Crippen MR) is 77.6 cm³/mol. The number of hydrogen-bond donors (Lipinski definition) is 2. The van der Waals surface area contributed by atoms with Gasteiger partial charge in [-0.15, -0.1) is 13.2 Å². The molecule has 2 N–H and O–H groups in total. The molecule has 1 saturated heterocycles. The van der Waals surface area contributed by atoms with Crippen molar-refractivity contribution in [3.05, 3.63) is 25.3 Å². The maximum absolute atomic E-state index is 10.5. The molecule has 0 aromatic rings. The number of aliphatic hydroxyl groups is 2. The second-order valence-corrected chi connectivity index (χ2v) is 5.40. The van der Waals surface area contributed by atoms with Gasteiger partial charge in [-0.05, 0) is 13.8 Å². The molecule has 1 fully saturated rings. The third-order valence-corrected chi connectivity index (χ3v) is 3.38. The fourth-order valence-electron chi connectivity index (χ4n) is 2.41. The van der Waals surface area contributed by atoms with E-state index in [2.05, 4.69) is 13.2 Å². The van der Waals surface area contributed by atoms with E-state index in [1.54, 1.807) is 26.0 Å². The molecule has 0 aromatic heterocycles. The van der Waals surface area contributed by atoms with Crippen molar-refractivity contribution in [3.8, 4) is 0 Å². The Balaban J connectivity index is 2.95. The Morgan fingerprint density at radius 2 is 1.90 bits per heavy atom. The van der Waals surface area contributed by atoms with Gasteiger partial charge in [0.2, 0.25) is 0 Å². The highest BCUT2D eigenvalue weighted by Crippen LogP contribution is 2.33. The molecule has 1 heterocycles. The molecule has 0 aromatic carbocycles. The second kappa shape index (κ2) is 8.03. The molecule has 1 aliphatic rings. The molecule has 1 rings (SSSR count). The molecule has 0 aliphatic carbocycles. The van der Waals surface area contributed by atoms with Crippen LogP contribution >= 0.6 is 0 Å². The highest BCUT2D eigenvalue weighted by molar-refractivity contribution is 5.02. The molecule has 1 aliphatic heterocycles. The average molecular weight is 302 g/mol. The zero-order chi connectivity index (χ0) is 16.0. The Morgan fingerprint density at radius 3 is 2.38 bits per heavy atom. The molecule has 21 heavy (non-hydrogen) atoms. The third kappa shape index (κ3) is 4.60. The monoisotopic (exact) mass is 302 g/mol. The van der Waals surface area contributed by atoms with Gasteiger partial charge in [0.25, 0.3) is 0 Å². The first-order chi connectivity index (χ1) is 9.90. The number of methoxy groups -OCH3 is 1. The summed E-state index contributed by atoms with van der Waals surface area (Å²) >= 11 is 0. The summed E-state index contributed by atoms with van der Waals surface area (Å²) in [5.41, 5.74) is 0. The van der Waals surface area contributed by atoms with Crippen molar-refractivity contribution in [2.24, 2.45) is 5.92 Å². The highest BCUT2D eigenvalue weighted by Gasteiger charge is 2.48. The van der Waals surface area contributed by atoms with Crippen LogP contribution in [0.1, 0.15) is 13.8 Å². The SMILES string of the molecule is C=CC(C=C)C(O)[C@H](OCOC)[C@H]1OC(C)(C)O[C@H]1CO. The lowest BCUT2D eigenvalue weighted by Gasteiger charge is -2.32. The number of rotatable bonds is 9. The quantitative estimate of drug-likeness (QED) is 0.485. The molecule has 122 valence electrons. The van der Waals surface area contributed by atoms with Gasteiger partial charge in [-0.25, -0.2) is 0 Å². The van der Waals surface area contributed by atoms with Crippen LogP contribution in [-0.2, 0) is 18.9 Å². The van der Waals surface area contributed by atoms with Crippen LogP contribution in [0, 0.1) is 5.92 Å². The van der Waals surface area contributed by atoms with E-state index in [1.807, 2.05) is 0 Å². The largest absolute Gasteiger partial charge is 0.394 e. The van der Waals surface area contributed by atoms with Crippen LogP contribution in [-0.4, -0.2) is 60.9 Å². The van der Waals surface area contributed by atoms with Crippen LogP contribution in [0.4, 0.5) is 0 Å². The normalized spacial score (nSPS) is 27.5. The van der Waals surface area contributed by atoms with Crippen LogP contribution in [0.5, 0.6) is 0 Å². The van der Waals surface area contributed by atoms with Gasteiger partial charge in [-0.1, -0.05) is 12.2 Å². The Morgan fingerprint density at radius 1 is 1.29 bits per heavy atom. The van der Waals surface area contributed by atoms with E-state index < -0.39 is 30.2 Å². The van der Waals surface area contributed by atoms with E-state index in [1.165, 1.54) is 7.11 Å². The first-order valence-electron chi connectivity index (χ1n) is 6.90. The maximum atomic E-state index is 10.5. The Kier molecular flexibility index (Phi) is 6.99. The summed E-state index contributed by atoms with van der Waals surface area (Å²) < 4.78 is 21.9. The van der Waals surface area contributed by atoms with Gasteiger partial charge in [0, 0.05) is 13.0 Å². The van der Waals surface area contributed by atoms with E-state index in [0.717, 1.165) is 0 Å². The van der Waals surface area contributed by atoms with E-state index in [9.17, 15) is 10.2 Å². The van der Waals surface area contributed by atoms with Gasteiger partial charge in [0.1, 0.15) is 25.1 Å². The van der Waals surface area contributed by atoms with Crippen LogP contribution < -0.4 is 0 Å². The van der Waals surface area contributed by atoms with E-state index in [-0.39, 0.29) is 19.3 Å². The molecule has 6 heteroatoms. The number of aliphatic hydroxyl groups excluding tert-OH is 2. The molecule has 0 radical (unpaired) electrons. The lowest BCUT2D eigenvalue weighted by molar-refractivity contribution is -0.189. The van der Waals surface area contributed by atoms with Gasteiger partial charge in [-0.2, -0.15) is 0 Å². The molecule has 0 spiro atoms. The lowest BCUT2D eigenvalue weighted by atomic mass is 9.92. The van der Waals surface area contributed by atoms with Gasteiger partial charge in [0.05, 0.1) is 12.7 Å². The third-order valence-electron chi connectivity index (χ3n) is 3.38. The van der Waals surface area contributed by atoms with Crippen molar-refractivity contribution in [1.82, 2.24) is 0 Å². The number of hydrogen-bond acceptors (Lipinski definition) is 6. The minimum absolute atomic E-state index is 0.0127. The first-order valence-corrected chi connectivity index (χ1v) is 6.90. The second-order valence-electron chi connectivity index (χ2n) is 5.40. The summed E-state index contributed by atoms with van der Waals surface area (Å²) in [4.78, 5) is 0. The molecule has 0 amide bonds. The van der Waals surface area contributed by atoms with Crippen LogP contribution in [0.15, 0.2) is 25.3 Å². The maximum Gasteiger partial charge on any atom is 0.164 e. The van der Waals surface area contributed by atoms with E-state index in [4.69, 9.17) is 18.9 Å². The minimum atomic E-state index is -0.938. The zero-order valence-electron chi connectivity index (χ0n) is 12.9. The van der Waals surface area contributed by atoms with Gasteiger partial charge in [0.15, 0.2) is 5.79 Å². The molecule has 6 nitrogen and oxygen atoms in total. The van der Waals surface area contributed by atoms with E-state index >= 15 is 0 Å². The molecule has 0 bridgehead atoms. The molecule has 0 saturated carbocycles. The summed E-state index contributed by atoms with van der Waals surface area (Å²) in [7, 11) is 1.49. The summed E-state index contributed by atoms with van der Waals surface area (Å²) in [6.45, 7) is 10.6. The van der Waals surface area contributed by atoms with Crippen LogP contribution in [0.2, 0.25) is 0 Å². The standard InChI is InChI=1S/C15H26O6/c1-6-10(7-2)12(17)14(19-9-18-5)13-11(8-16)20-15(3,4)21-13/h6-7,10-14,16-17H,1-2,8-9H2,3-5H3/t11-,12?,13-,14-/m0/s1. The van der Waals surface area contributed by atoms with Crippen molar-refractivity contribution in [1.29, 1.82) is 0 Å². The Hall–Kier alpha value is -0.760. The molecule has 1 unspecified atom stereocenters. The van der Waals surface area contributed by atoms with Gasteiger partial charge in [-0.3, -0.25) is 0 Å². The fourth-order valence-corrected chi connectivity index (χ4v) is 2.41. The van der Waals surface area contributed by atoms with Crippen LogP contribution in [0.25, 0.3) is 0 Å². The molecule has 4 atom stereocenters. The highest BCUT2D eigenvalue weighted by atomic mass is 16.8. The zero-order valence-corrected chi connectivity index (χ0v) is 12.9. The predicted octanol–water partition coefficient (Wildman–Crippen LogP) is 0.837. The van der Waals surface area contributed by atoms with Gasteiger partial charge >= 0.3 is 0 Å². The fraction of sp³-hybridized carbons (Fsp3) is 0.733. The minimum Gasteiger partial charge on any atom is -0.394 e. The summed E-state index contributed by atoms with van der Waals surface area (Å²) in [6.07, 6.45) is 0.256. The van der Waals surface area contributed by atoms with Crippen molar-refractivity contribution in [2.45, 2.75) is 44.1 Å². The summed E-state index contributed by atoms with van der Waals surface area (Å²) in [6, 6.07) is 0. The van der Waals surface area contributed by atoms with E-state index in [0.29, 0.717) is 0 Å². The lowest BCUT2D eigenvalue weighted by Crippen LogP contribution is -2.48. The summed E-state index contributed by atoms with van der Waals surface area (Å²) in [5, 5.41) is 20.0. The smallest absolute Gasteiger partial charge is 0.164 e. The van der Waals surface area contributed by atoms with Crippen molar-refractivity contribution in [2.75, 3.05) is 20.5 Å². The molecular weight excluding hydrogens is 276 g/mol. The van der Waals surface area contributed by atoms with Gasteiger partial charge < -0.3 is 29.2 Å². The summed E-state index contributed by atoms with van der Waals surface area (Å²) in [5.74, 6) is -1.23. The van der Waals surface area contributed by atoms with Crippen molar-refractivity contribution < 1.29 is 29.2 Å².